The lowest BCUT2D eigenvalue weighted by molar-refractivity contribution is 0.340. The van der Waals surface area contributed by atoms with Crippen molar-refractivity contribution in [1.82, 2.24) is 14.9 Å². The number of hydrogen-bond donors (Lipinski definition) is 1. The molecule has 0 spiro atoms. The van der Waals surface area contributed by atoms with Crippen LogP contribution >= 0.6 is 0 Å². The number of nitrogens with zero attached hydrogens (tertiary/aromatic N) is 3. The Bertz CT molecular complexity index is 412. The average molecular weight is 262 g/mol. The van der Waals surface area contributed by atoms with Gasteiger partial charge in [0.15, 0.2) is 0 Å². The molecule has 2 fully saturated rings. The van der Waals surface area contributed by atoms with E-state index in [1.807, 2.05) is 0 Å². The van der Waals surface area contributed by atoms with Crippen molar-refractivity contribution in [2.45, 2.75) is 52.1 Å². The van der Waals surface area contributed by atoms with Gasteiger partial charge in [-0.05, 0) is 38.1 Å². The van der Waals surface area contributed by atoms with Crippen molar-refractivity contribution >= 4 is 5.95 Å². The number of piperidine rings is 1. The largest absolute Gasteiger partial charge is 0.340 e. The molecule has 0 amide bonds. The minimum Gasteiger partial charge on any atom is -0.340 e. The molecule has 4 nitrogen and oxygen atoms in total. The van der Waals surface area contributed by atoms with Crippen LogP contribution in [0.1, 0.15) is 38.8 Å². The zero-order valence-corrected chi connectivity index (χ0v) is 12.2. The number of imidazole rings is 1. The Kier molecular flexibility index (Phi) is 3.78. The van der Waals surface area contributed by atoms with Gasteiger partial charge in [-0.15, -0.1) is 0 Å². The van der Waals surface area contributed by atoms with Gasteiger partial charge in [0.2, 0.25) is 5.95 Å². The van der Waals surface area contributed by atoms with E-state index >= 15 is 0 Å². The Labute approximate surface area is 116 Å². The molecule has 3 rings (SSSR count). The van der Waals surface area contributed by atoms with Gasteiger partial charge in [0.05, 0.1) is 5.69 Å². The van der Waals surface area contributed by atoms with Gasteiger partial charge < -0.3 is 14.8 Å². The normalized spacial score (nSPS) is 26.7. The van der Waals surface area contributed by atoms with E-state index in [0.717, 1.165) is 25.4 Å². The molecule has 0 radical (unpaired) electrons. The van der Waals surface area contributed by atoms with Crippen LogP contribution < -0.4 is 10.2 Å². The van der Waals surface area contributed by atoms with Crippen LogP contribution in [0.2, 0.25) is 0 Å². The third-order valence-electron chi connectivity index (χ3n) is 4.51. The van der Waals surface area contributed by atoms with Crippen molar-refractivity contribution in [1.29, 1.82) is 0 Å². The molecule has 4 heteroatoms. The molecular weight excluding hydrogens is 236 g/mol. The maximum absolute atomic E-state index is 4.85. The first-order valence-electron chi connectivity index (χ1n) is 7.86. The summed E-state index contributed by atoms with van der Waals surface area (Å²) in [6, 6.07) is 0.686. The van der Waals surface area contributed by atoms with E-state index in [0.29, 0.717) is 6.04 Å². The van der Waals surface area contributed by atoms with Gasteiger partial charge in [-0.2, -0.15) is 0 Å². The summed E-state index contributed by atoms with van der Waals surface area (Å²) in [4.78, 5) is 7.35. The first-order chi connectivity index (χ1) is 9.31. The maximum atomic E-state index is 4.85. The van der Waals surface area contributed by atoms with Crippen LogP contribution in [0.25, 0.3) is 0 Å². The Morgan fingerprint density at radius 1 is 1.37 bits per heavy atom. The number of hydrogen-bond acceptors (Lipinski definition) is 3. The highest BCUT2D eigenvalue weighted by Gasteiger charge is 2.35. The maximum Gasteiger partial charge on any atom is 0.205 e. The second-order valence-electron chi connectivity index (χ2n) is 5.95. The molecule has 3 heterocycles. The summed E-state index contributed by atoms with van der Waals surface area (Å²) in [7, 11) is 0. The molecule has 0 aromatic carbocycles. The summed E-state index contributed by atoms with van der Waals surface area (Å²) in [6.07, 6.45) is 7.16. The summed E-state index contributed by atoms with van der Waals surface area (Å²) < 4.78 is 2.36. The summed E-state index contributed by atoms with van der Waals surface area (Å²) >= 11 is 0. The first-order valence-corrected chi connectivity index (χ1v) is 7.86. The Morgan fingerprint density at radius 3 is 3.00 bits per heavy atom. The molecule has 2 aliphatic rings. The lowest BCUT2D eigenvalue weighted by Gasteiger charge is -2.24. The molecule has 19 heavy (non-hydrogen) atoms. The van der Waals surface area contributed by atoms with Crippen LogP contribution in [-0.2, 0) is 13.0 Å². The van der Waals surface area contributed by atoms with Crippen molar-refractivity contribution in [3.63, 3.8) is 0 Å². The fourth-order valence-corrected chi connectivity index (χ4v) is 3.50. The number of nitrogens with one attached hydrogen (secondary N) is 1. The van der Waals surface area contributed by atoms with Crippen molar-refractivity contribution in [2.75, 3.05) is 24.5 Å². The Hall–Kier alpha value is -1.03. The van der Waals surface area contributed by atoms with Crippen LogP contribution in [0.5, 0.6) is 0 Å². The van der Waals surface area contributed by atoms with Crippen molar-refractivity contribution in [2.24, 2.45) is 5.92 Å². The summed E-state index contributed by atoms with van der Waals surface area (Å²) in [5, 5.41) is 3.67. The summed E-state index contributed by atoms with van der Waals surface area (Å²) in [5.41, 5.74) is 1.23. The van der Waals surface area contributed by atoms with Gasteiger partial charge in [0, 0.05) is 31.9 Å². The van der Waals surface area contributed by atoms with Crippen molar-refractivity contribution in [3.8, 4) is 0 Å². The third-order valence-corrected chi connectivity index (χ3v) is 4.51. The third kappa shape index (κ3) is 2.50. The standard InChI is InChI=1S/C15H26N4/c1-3-8-18-10-13(4-2)17-15(18)19-9-12-6-5-7-16-14(12)11-19/h10,12,14,16H,3-9,11H2,1-2H3/t12-,14+/m0/s1. The van der Waals surface area contributed by atoms with E-state index in [2.05, 4.69) is 34.8 Å². The smallest absolute Gasteiger partial charge is 0.205 e. The molecule has 2 atom stereocenters. The van der Waals surface area contributed by atoms with Crippen molar-refractivity contribution in [3.05, 3.63) is 11.9 Å². The van der Waals surface area contributed by atoms with E-state index in [-0.39, 0.29) is 0 Å². The second kappa shape index (κ2) is 5.53. The molecule has 2 aliphatic heterocycles. The van der Waals surface area contributed by atoms with Crippen LogP contribution in [0.15, 0.2) is 6.20 Å². The zero-order valence-electron chi connectivity index (χ0n) is 12.2. The number of fused-ring (bicyclic) bond motifs is 1. The number of anilines is 1. The molecular formula is C15H26N4. The molecule has 0 saturated carbocycles. The monoisotopic (exact) mass is 262 g/mol. The van der Waals surface area contributed by atoms with E-state index in [1.165, 1.54) is 44.0 Å². The van der Waals surface area contributed by atoms with Gasteiger partial charge in [0.25, 0.3) is 0 Å². The Balaban J connectivity index is 1.79. The lowest BCUT2D eigenvalue weighted by Crippen LogP contribution is -2.40. The topological polar surface area (TPSA) is 33.1 Å². The van der Waals surface area contributed by atoms with Crippen LogP contribution in [-0.4, -0.2) is 35.2 Å². The van der Waals surface area contributed by atoms with Gasteiger partial charge in [-0.3, -0.25) is 0 Å². The molecule has 2 saturated heterocycles. The highest BCUT2D eigenvalue weighted by atomic mass is 15.3. The highest BCUT2D eigenvalue weighted by molar-refractivity contribution is 5.36. The second-order valence-corrected chi connectivity index (χ2v) is 5.95. The predicted octanol–water partition coefficient (Wildman–Crippen LogP) is 2.04. The van der Waals surface area contributed by atoms with E-state index < -0.39 is 0 Å². The fraction of sp³-hybridized carbons (Fsp3) is 0.800. The zero-order chi connectivity index (χ0) is 13.2. The first kappa shape index (κ1) is 13.0. The van der Waals surface area contributed by atoms with Crippen LogP contribution in [0.4, 0.5) is 5.95 Å². The van der Waals surface area contributed by atoms with Gasteiger partial charge in [-0.1, -0.05) is 13.8 Å². The number of aryl methyl sites for hydroxylation is 2. The van der Waals surface area contributed by atoms with E-state index in [1.54, 1.807) is 0 Å². The summed E-state index contributed by atoms with van der Waals surface area (Å²) in [6.45, 7) is 9.02. The lowest BCUT2D eigenvalue weighted by atomic mass is 9.94. The molecule has 1 N–H and O–H groups in total. The molecule has 1 aromatic heterocycles. The van der Waals surface area contributed by atoms with Gasteiger partial charge in [-0.25, -0.2) is 4.98 Å². The van der Waals surface area contributed by atoms with Crippen LogP contribution in [0, 0.1) is 5.92 Å². The number of aromatic nitrogens is 2. The van der Waals surface area contributed by atoms with E-state index in [9.17, 15) is 0 Å². The van der Waals surface area contributed by atoms with Gasteiger partial charge >= 0.3 is 0 Å². The van der Waals surface area contributed by atoms with E-state index in [4.69, 9.17) is 4.98 Å². The minimum absolute atomic E-state index is 0.686. The molecule has 0 bridgehead atoms. The molecule has 1 aromatic rings. The molecule has 0 aliphatic carbocycles. The number of rotatable bonds is 4. The summed E-state index contributed by atoms with van der Waals surface area (Å²) in [5.74, 6) is 2.03. The minimum atomic E-state index is 0.686. The predicted molar refractivity (Wildman–Crippen MR) is 78.6 cm³/mol. The van der Waals surface area contributed by atoms with Crippen LogP contribution in [0.3, 0.4) is 0 Å². The highest BCUT2D eigenvalue weighted by Crippen LogP contribution is 2.29. The average Bonchev–Trinajstić information content (AvgIpc) is 3.01. The SMILES string of the molecule is CCCn1cc(CC)nc1N1C[C@@H]2CCCN[C@@H]2C1. The Morgan fingerprint density at radius 2 is 2.26 bits per heavy atom. The quantitative estimate of drug-likeness (QED) is 0.901. The van der Waals surface area contributed by atoms with Crippen molar-refractivity contribution < 1.29 is 0 Å². The molecule has 0 unspecified atom stereocenters. The molecule has 106 valence electrons. The fourth-order valence-electron chi connectivity index (χ4n) is 3.50. The van der Waals surface area contributed by atoms with Gasteiger partial charge in [0.1, 0.15) is 0 Å².